The van der Waals surface area contributed by atoms with Crippen LogP contribution in [0.3, 0.4) is 0 Å². The fourth-order valence-corrected chi connectivity index (χ4v) is 3.84. The molecule has 0 aliphatic carbocycles. The number of H-pyrrole nitrogens is 1. The number of likely N-dealkylation sites (tertiary alicyclic amines) is 1. The Bertz CT molecular complexity index is 1140. The van der Waals surface area contributed by atoms with E-state index in [2.05, 4.69) is 25.9 Å². The number of benzene rings is 1. The van der Waals surface area contributed by atoms with Gasteiger partial charge in [-0.05, 0) is 67.3 Å². The number of aromatic amines is 1. The van der Waals surface area contributed by atoms with Crippen molar-refractivity contribution in [1.29, 1.82) is 5.41 Å². The molecule has 1 aromatic carbocycles. The van der Waals surface area contributed by atoms with Crippen molar-refractivity contribution in [3.8, 4) is 5.75 Å². The predicted octanol–water partition coefficient (Wildman–Crippen LogP) is 2.06. The second-order valence-corrected chi connectivity index (χ2v) is 8.09. The summed E-state index contributed by atoms with van der Waals surface area (Å²) in [6, 6.07) is 13.7. The molecule has 2 aromatic heterocycles. The highest BCUT2D eigenvalue weighted by molar-refractivity contribution is 5.94. The number of hydrogen-bond acceptors (Lipinski definition) is 5. The van der Waals surface area contributed by atoms with Gasteiger partial charge in [0.2, 0.25) is 0 Å². The van der Waals surface area contributed by atoms with Crippen molar-refractivity contribution in [3.63, 3.8) is 0 Å². The summed E-state index contributed by atoms with van der Waals surface area (Å²) in [7, 11) is 0. The third kappa shape index (κ3) is 5.93. The van der Waals surface area contributed by atoms with Gasteiger partial charge in [0.1, 0.15) is 23.7 Å². The molecular formula is C25H30N7O+. The lowest BCUT2D eigenvalue weighted by Gasteiger charge is -2.26. The van der Waals surface area contributed by atoms with E-state index in [1.54, 1.807) is 6.20 Å². The summed E-state index contributed by atoms with van der Waals surface area (Å²) in [5, 5.41) is 7.83. The zero-order valence-corrected chi connectivity index (χ0v) is 18.8. The Hall–Kier alpha value is -3.78. The highest BCUT2D eigenvalue weighted by atomic mass is 16.5. The lowest BCUT2D eigenvalue weighted by molar-refractivity contribution is -0.309. The van der Waals surface area contributed by atoms with Gasteiger partial charge in [0, 0.05) is 37.7 Å². The van der Waals surface area contributed by atoms with Crippen molar-refractivity contribution in [2.24, 2.45) is 10.7 Å². The highest BCUT2D eigenvalue weighted by Crippen LogP contribution is 2.25. The van der Waals surface area contributed by atoms with Crippen LogP contribution in [-0.4, -0.2) is 45.8 Å². The topological polar surface area (TPSA) is 117 Å². The van der Waals surface area contributed by atoms with Crippen molar-refractivity contribution in [2.45, 2.75) is 32.9 Å². The number of piperidine rings is 1. The number of aliphatic imine (C=N–C) groups is 1. The Labute approximate surface area is 193 Å². The molecule has 0 amide bonds. The number of ether oxygens (including phenoxy) is 1. The van der Waals surface area contributed by atoms with Crippen molar-refractivity contribution >= 4 is 23.6 Å². The van der Waals surface area contributed by atoms with Gasteiger partial charge in [-0.15, -0.1) is 4.99 Å². The first-order chi connectivity index (χ1) is 16.1. The Kier molecular flexibility index (Phi) is 7.26. The molecule has 3 heterocycles. The molecule has 0 bridgehead atoms. The van der Waals surface area contributed by atoms with Crippen molar-refractivity contribution in [3.05, 3.63) is 77.4 Å². The summed E-state index contributed by atoms with van der Waals surface area (Å²) < 4.78 is 5.93. The second-order valence-electron chi connectivity index (χ2n) is 8.09. The van der Waals surface area contributed by atoms with E-state index in [9.17, 15) is 0 Å². The van der Waals surface area contributed by atoms with E-state index in [1.165, 1.54) is 6.34 Å². The quantitative estimate of drug-likeness (QED) is 0.330. The second kappa shape index (κ2) is 10.7. The smallest absolute Gasteiger partial charge is 0.284 e. The van der Waals surface area contributed by atoms with Gasteiger partial charge in [-0.3, -0.25) is 9.88 Å². The zero-order chi connectivity index (χ0) is 23.0. The molecule has 4 rings (SSSR count). The minimum atomic E-state index is 0.418. The summed E-state index contributed by atoms with van der Waals surface area (Å²) in [6.07, 6.45) is 6.75. The Morgan fingerprint density at radius 2 is 2.12 bits per heavy atom. The molecule has 0 atom stereocenters. The lowest BCUT2D eigenvalue weighted by Crippen LogP contribution is -2.75. The number of nitrogens with two attached hydrogens (primary N) is 1. The summed E-state index contributed by atoms with van der Waals surface area (Å²) in [5.41, 5.74) is 11.3. The van der Waals surface area contributed by atoms with Crippen LogP contribution in [0.5, 0.6) is 5.75 Å². The molecule has 5 N–H and O–H groups in total. The number of nitrogens with zero attached hydrogens (tertiary/aromatic N) is 3. The maximum Gasteiger partial charge on any atom is 0.284 e. The van der Waals surface area contributed by atoms with Crippen molar-refractivity contribution in [1.82, 2.24) is 14.9 Å². The molecule has 1 aliphatic heterocycles. The number of pyridine rings is 1. The maximum atomic E-state index is 7.83. The van der Waals surface area contributed by atoms with Crippen LogP contribution in [-0.2, 0) is 13.2 Å². The number of aromatic nitrogens is 2. The van der Waals surface area contributed by atoms with Crippen molar-refractivity contribution < 1.29 is 9.73 Å². The Morgan fingerprint density at radius 3 is 2.85 bits per heavy atom. The Morgan fingerprint density at radius 1 is 1.27 bits per heavy atom. The van der Waals surface area contributed by atoms with Crippen LogP contribution in [0.25, 0.3) is 0 Å². The molecule has 0 radical (unpaired) electrons. The van der Waals surface area contributed by atoms with E-state index in [4.69, 9.17) is 20.9 Å². The number of hydrogen-bond donors (Lipinski definition) is 4. The van der Waals surface area contributed by atoms with Gasteiger partial charge in [0.05, 0.1) is 5.69 Å². The molecule has 8 heteroatoms. The minimum Gasteiger partial charge on any atom is -0.487 e. The van der Waals surface area contributed by atoms with Gasteiger partial charge in [0.25, 0.3) is 5.84 Å². The van der Waals surface area contributed by atoms with Crippen LogP contribution in [0.4, 0.5) is 5.69 Å². The normalized spacial score (nSPS) is 15.3. The van der Waals surface area contributed by atoms with E-state index in [1.807, 2.05) is 49.5 Å². The molecule has 33 heavy (non-hydrogen) atoms. The molecule has 1 saturated heterocycles. The first-order valence-corrected chi connectivity index (χ1v) is 11.1. The van der Waals surface area contributed by atoms with Crippen molar-refractivity contribution in [2.75, 3.05) is 13.1 Å². The van der Waals surface area contributed by atoms with Gasteiger partial charge in [0.15, 0.2) is 6.34 Å². The van der Waals surface area contributed by atoms with E-state index in [0.717, 1.165) is 72.1 Å². The van der Waals surface area contributed by atoms with Crippen LogP contribution >= 0.6 is 0 Å². The highest BCUT2D eigenvalue weighted by Gasteiger charge is 2.19. The van der Waals surface area contributed by atoms with E-state index in [0.29, 0.717) is 12.4 Å². The summed E-state index contributed by atoms with van der Waals surface area (Å²) in [6.45, 7) is 5.04. The third-order valence-electron chi connectivity index (χ3n) is 5.64. The van der Waals surface area contributed by atoms with E-state index < -0.39 is 0 Å². The number of nitrogens with one attached hydrogen (secondary N) is 3. The number of aryl methyl sites for hydroxylation is 1. The van der Waals surface area contributed by atoms with Gasteiger partial charge < -0.3 is 20.9 Å². The summed E-state index contributed by atoms with van der Waals surface area (Å²) in [5.74, 6) is 1.46. The average Bonchev–Trinajstić information content (AvgIpc) is 3.28. The largest absolute Gasteiger partial charge is 0.487 e. The molecule has 170 valence electrons. The molecule has 0 unspecified atom stereocenters. The number of rotatable bonds is 7. The molecule has 8 nitrogen and oxygen atoms in total. The standard InChI is InChI=1S/C25H29N7O/c1-18-14-21(5-6-23(18)33-16-22-4-2-3-10-28-22)31-25(30-17-26)24-19(7-11-29-24)15-32-12-8-20(27)9-13-32/h2-7,10-11,14,17,27,29H,8-9,12-13,15-16H2,1H3,(H2,26,30,31)/p+1. The molecule has 1 fully saturated rings. The van der Waals surface area contributed by atoms with Crippen LogP contribution in [0.2, 0.25) is 0 Å². The minimum absolute atomic E-state index is 0.418. The predicted molar refractivity (Wildman–Crippen MR) is 130 cm³/mol. The maximum absolute atomic E-state index is 7.83. The average molecular weight is 445 g/mol. The van der Waals surface area contributed by atoms with Crippen LogP contribution < -0.4 is 15.5 Å². The van der Waals surface area contributed by atoms with Crippen LogP contribution in [0.15, 0.2) is 59.9 Å². The summed E-state index contributed by atoms with van der Waals surface area (Å²) in [4.78, 5) is 17.9. The van der Waals surface area contributed by atoms with Gasteiger partial charge in [-0.25, -0.2) is 4.99 Å². The molecule has 1 aliphatic rings. The van der Waals surface area contributed by atoms with Gasteiger partial charge >= 0.3 is 0 Å². The Balaban J connectivity index is 1.51. The van der Waals surface area contributed by atoms with E-state index >= 15 is 0 Å². The molecule has 3 aromatic rings. The van der Waals surface area contributed by atoms with Crippen LogP contribution in [0.1, 0.15) is 35.4 Å². The zero-order valence-electron chi connectivity index (χ0n) is 18.8. The third-order valence-corrected chi connectivity index (χ3v) is 5.64. The first kappa shape index (κ1) is 22.4. The fourth-order valence-electron chi connectivity index (χ4n) is 3.84. The first-order valence-electron chi connectivity index (χ1n) is 11.1. The fraction of sp³-hybridized carbons (Fsp3) is 0.280. The summed E-state index contributed by atoms with van der Waals surface area (Å²) >= 11 is 0. The van der Waals surface area contributed by atoms with Gasteiger partial charge in [-0.1, -0.05) is 6.07 Å². The SMILES string of the molecule is Cc1cc(N=C([NH+]=CN)c2[nH]ccc2CN2CCC(=N)CC2)ccc1OCc1ccccn1. The molecule has 0 spiro atoms. The number of amidine groups is 1. The van der Waals surface area contributed by atoms with E-state index in [-0.39, 0.29) is 0 Å². The molecule has 0 saturated carbocycles. The lowest BCUT2D eigenvalue weighted by atomic mass is 10.1. The van der Waals surface area contributed by atoms with Crippen LogP contribution in [0, 0.1) is 12.3 Å². The monoisotopic (exact) mass is 444 g/mol. The molecular weight excluding hydrogens is 414 g/mol. The van der Waals surface area contributed by atoms with Gasteiger partial charge in [-0.2, -0.15) is 0 Å².